The van der Waals surface area contributed by atoms with E-state index >= 15 is 0 Å². The van der Waals surface area contributed by atoms with Crippen LogP contribution in [0.5, 0.6) is 0 Å². The molecule has 7 aliphatic rings. The van der Waals surface area contributed by atoms with Crippen LogP contribution in [0, 0.1) is 28.6 Å². The van der Waals surface area contributed by atoms with Crippen LogP contribution in [0.3, 0.4) is 0 Å². The van der Waals surface area contributed by atoms with E-state index in [1.54, 1.807) is 41.1 Å². The second-order valence-electron chi connectivity index (χ2n) is 19.8. The number of ether oxygens (including phenoxy) is 10. The first-order valence-corrected chi connectivity index (χ1v) is 23.0. The van der Waals surface area contributed by atoms with Gasteiger partial charge in [-0.25, -0.2) is 4.79 Å². The predicted octanol–water partition coefficient (Wildman–Crippen LogP) is 4.69. The number of hydrogen-bond donors (Lipinski definition) is 3. The Balaban J connectivity index is 0.980. The summed E-state index contributed by atoms with van der Waals surface area (Å²) in [5.74, 6) is -0.727. The van der Waals surface area contributed by atoms with E-state index in [0.717, 1.165) is 19.3 Å². The van der Waals surface area contributed by atoms with E-state index in [1.165, 1.54) is 12.7 Å². The Morgan fingerprint density at radius 1 is 0.774 bits per heavy atom. The highest BCUT2D eigenvalue weighted by atomic mass is 16.8. The Morgan fingerprint density at radius 2 is 1.40 bits per heavy atom. The maximum atomic E-state index is 13.3. The fourth-order valence-corrected chi connectivity index (χ4v) is 12.8. The van der Waals surface area contributed by atoms with Crippen LogP contribution >= 0.6 is 0 Å². The van der Waals surface area contributed by atoms with Gasteiger partial charge in [-0.2, -0.15) is 0 Å². The van der Waals surface area contributed by atoms with Gasteiger partial charge in [-0.3, -0.25) is 4.79 Å². The van der Waals surface area contributed by atoms with Crippen LogP contribution in [0.25, 0.3) is 0 Å². The molecule has 3 aliphatic heterocycles. The van der Waals surface area contributed by atoms with Gasteiger partial charge < -0.3 is 62.7 Å². The van der Waals surface area contributed by atoms with Crippen molar-refractivity contribution in [2.24, 2.45) is 28.6 Å². The molecule has 352 valence electrons. The number of hydrogen-bond acceptors (Lipinski definition) is 15. The van der Waals surface area contributed by atoms with E-state index in [4.69, 9.17) is 47.4 Å². The molecule has 0 bridgehead atoms. The van der Waals surface area contributed by atoms with Crippen LogP contribution < -0.4 is 0 Å². The zero-order valence-corrected chi connectivity index (χ0v) is 38.7. The Labute approximate surface area is 367 Å². The molecule has 0 amide bonds. The Morgan fingerprint density at radius 3 is 2.00 bits per heavy atom. The van der Waals surface area contributed by atoms with E-state index in [9.17, 15) is 24.9 Å². The first-order chi connectivity index (χ1) is 29.3. The van der Waals surface area contributed by atoms with Crippen molar-refractivity contribution in [1.29, 1.82) is 0 Å². The number of Topliss-reactive ketones (excluding diaryl/α,β-unsaturated/α-hetero) is 1. The third-order valence-electron chi connectivity index (χ3n) is 16.6. The van der Waals surface area contributed by atoms with E-state index in [0.29, 0.717) is 44.1 Å². The number of methoxy groups -OCH3 is 3. The number of allylic oxidation sites excluding steroid dienone is 2. The van der Waals surface area contributed by atoms with Crippen molar-refractivity contribution in [3.05, 3.63) is 23.3 Å². The van der Waals surface area contributed by atoms with Crippen LogP contribution in [0.2, 0.25) is 0 Å². The number of rotatable bonds is 12. The Bertz CT molecular complexity index is 1670. The van der Waals surface area contributed by atoms with E-state index in [2.05, 4.69) is 13.0 Å². The summed E-state index contributed by atoms with van der Waals surface area (Å²) < 4.78 is 61.8. The van der Waals surface area contributed by atoms with Gasteiger partial charge in [-0.15, -0.1) is 0 Å². The molecule has 0 aromatic carbocycles. The lowest BCUT2D eigenvalue weighted by molar-refractivity contribution is -0.352. The first kappa shape index (κ1) is 48.1. The molecule has 7 rings (SSSR count). The van der Waals surface area contributed by atoms with Crippen molar-refractivity contribution >= 4 is 11.8 Å². The number of esters is 1. The molecule has 15 heteroatoms. The zero-order valence-electron chi connectivity index (χ0n) is 38.7. The molecule has 3 saturated carbocycles. The van der Waals surface area contributed by atoms with E-state index < -0.39 is 96.9 Å². The van der Waals surface area contributed by atoms with Crippen LogP contribution in [-0.2, 0) is 57.0 Å². The summed E-state index contributed by atoms with van der Waals surface area (Å²) >= 11 is 0. The number of aliphatic hydroxyl groups is 3. The molecule has 15 nitrogen and oxygen atoms in total. The number of aliphatic hydroxyl groups excluding tert-OH is 2. The quantitative estimate of drug-likeness (QED) is 0.139. The van der Waals surface area contributed by atoms with Crippen molar-refractivity contribution in [2.75, 3.05) is 21.3 Å². The smallest absolute Gasteiger partial charge is 0.333 e. The molecule has 0 aromatic heterocycles. The second-order valence-corrected chi connectivity index (χ2v) is 19.8. The lowest BCUT2D eigenvalue weighted by atomic mass is 9.45. The molecule has 6 fully saturated rings. The fraction of sp³-hybridized carbons (Fsp3) is 0.872. The molecule has 62 heavy (non-hydrogen) atoms. The number of ketones is 1. The molecule has 15 unspecified atom stereocenters. The summed E-state index contributed by atoms with van der Waals surface area (Å²) in [5, 5.41) is 34.1. The summed E-state index contributed by atoms with van der Waals surface area (Å²) in [7, 11) is 4.68. The summed E-state index contributed by atoms with van der Waals surface area (Å²) in [6.07, 6.45) is 0.173. The molecule has 4 aliphatic carbocycles. The number of carbonyl (C=O) groups excluding carboxylic acids is 2. The summed E-state index contributed by atoms with van der Waals surface area (Å²) in [4.78, 5) is 26.4. The summed E-state index contributed by atoms with van der Waals surface area (Å²) in [6, 6.07) is 0. The molecule has 3 N–H and O–H groups in total. The van der Waals surface area contributed by atoms with Crippen LogP contribution in [0.15, 0.2) is 23.3 Å². The normalized spacial score (nSPS) is 49.6. The van der Waals surface area contributed by atoms with Gasteiger partial charge in [0.05, 0.1) is 42.2 Å². The highest BCUT2D eigenvalue weighted by Gasteiger charge is 2.71. The third-order valence-corrected chi connectivity index (χ3v) is 16.6. The maximum Gasteiger partial charge on any atom is 0.333 e. The molecule has 0 radical (unpaired) electrons. The van der Waals surface area contributed by atoms with Gasteiger partial charge in [0.1, 0.15) is 42.4 Å². The predicted molar refractivity (Wildman–Crippen MR) is 223 cm³/mol. The minimum atomic E-state index is -1.22. The molecule has 3 heterocycles. The highest BCUT2D eigenvalue weighted by molar-refractivity contribution is 5.88. The Hall–Kier alpha value is -1.86. The van der Waals surface area contributed by atoms with Gasteiger partial charge in [0.25, 0.3) is 0 Å². The van der Waals surface area contributed by atoms with Crippen molar-refractivity contribution in [3.63, 3.8) is 0 Å². The van der Waals surface area contributed by atoms with Crippen molar-refractivity contribution in [3.8, 4) is 0 Å². The van der Waals surface area contributed by atoms with Gasteiger partial charge in [0, 0.05) is 51.1 Å². The minimum Gasteiger partial charge on any atom is -0.458 e. The van der Waals surface area contributed by atoms with Gasteiger partial charge in [-0.05, 0) is 104 Å². The summed E-state index contributed by atoms with van der Waals surface area (Å²) in [6.45, 7) is 15.0. The SMILES string of the molecule is CC=C(C)C(=O)O[C@@H]1CC2C(CC=C3C[C@@H](OC4CC(OC)C(OC5CC(OC)C(OC6OC(C)C(O)C(OC)C6O)C(C)O5)C(C)O4)CC[C@@]32C)[C@@]2(O)CC[C@H](C(C)=O)[C@@]12C. The van der Waals surface area contributed by atoms with Crippen LogP contribution in [0.4, 0.5) is 0 Å². The standard InChI is InChI=1S/C47H74O15/c1-12-23(2)43(51)60-35-20-32-31(47(52)18-16-30(24(3)48)46(35,47)8)14-13-28-19-29(15-17-45(28,32)7)59-36-21-33(53-9)40(26(5)56-36)61-37-22-34(54-10)41(27(6)57-37)62-44-39(50)42(55-11)38(49)25(4)58-44/h12-13,25-27,29-42,44,49-50,52H,14-22H2,1-11H3/t25?,26?,27?,29-,30+,31?,32?,33?,34?,35+,36?,37?,38?,39?,40?,41?,42?,44?,45-,46-,47-/m0/s1. The fourth-order valence-electron chi connectivity index (χ4n) is 12.8. The number of fused-ring (bicyclic) bond motifs is 5. The van der Waals surface area contributed by atoms with Crippen LogP contribution in [-0.4, -0.2) is 146 Å². The van der Waals surface area contributed by atoms with Crippen LogP contribution in [0.1, 0.15) is 113 Å². The van der Waals surface area contributed by atoms with Gasteiger partial charge >= 0.3 is 5.97 Å². The summed E-state index contributed by atoms with van der Waals surface area (Å²) in [5.41, 5.74) is -0.439. The lowest BCUT2D eigenvalue weighted by Gasteiger charge is -2.63. The Kier molecular flexibility index (Phi) is 14.6. The van der Waals surface area contributed by atoms with E-state index in [1.807, 2.05) is 27.7 Å². The van der Waals surface area contributed by atoms with Gasteiger partial charge in [0.2, 0.25) is 0 Å². The topological polar surface area (TPSA) is 187 Å². The molecule has 0 aromatic rings. The third kappa shape index (κ3) is 8.42. The van der Waals surface area contributed by atoms with Crippen molar-refractivity contribution in [1.82, 2.24) is 0 Å². The zero-order chi connectivity index (χ0) is 45.1. The average molecular weight is 879 g/mol. The van der Waals surface area contributed by atoms with Gasteiger partial charge in [-0.1, -0.05) is 31.6 Å². The van der Waals surface area contributed by atoms with E-state index in [-0.39, 0.29) is 41.2 Å². The maximum absolute atomic E-state index is 13.3. The molecule has 0 spiro atoms. The lowest BCUT2D eigenvalue weighted by Crippen LogP contribution is -2.66. The highest BCUT2D eigenvalue weighted by Crippen LogP contribution is 2.68. The molecule has 3 saturated heterocycles. The molecule has 21 atom stereocenters. The van der Waals surface area contributed by atoms with Crippen molar-refractivity contribution in [2.45, 2.75) is 211 Å². The second kappa shape index (κ2) is 18.8. The number of carbonyl (C=O) groups is 2. The first-order valence-electron chi connectivity index (χ1n) is 23.0. The monoisotopic (exact) mass is 879 g/mol. The van der Waals surface area contributed by atoms with Crippen molar-refractivity contribution < 1.29 is 72.3 Å². The molecular formula is C47H74O15. The minimum absolute atomic E-state index is 0.0391. The average Bonchev–Trinajstić information content (AvgIpc) is 3.53. The van der Waals surface area contributed by atoms with Gasteiger partial charge in [0.15, 0.2) is 18.9 Å². The molecular weight excluding hydrogens is 805 g/mol. The largest absolute Gasteiger partial charge is 0.458 e.